The van der Waals surface area contributed by atoms with Gasteiger partial charge in [-0.25, -0.2) is 0 Å². The number of amides is 1. The average Bonchev–Trinajstić information content (AvgIpc) is 3.15. The van der Waals surface area contributed by atoms with E-state index in [2.05, 4.69) is 4.98 Å². The maximum atomic E-state index is 12.9. The molecule has 23 heavy (non-hydrogen) atoms. The van der Waals surface area contributed by atoms with Gasteiger partial charge in [0.1, 0.15) is 11.9 Å². The van der Waals surface area contributed by atoms with Crippen molar-refractivity contribution in [1.29, 1.82) is 0 Å². The number of hydrogen-bond acceptors (Lipinski definition) is 4. The third-order valence-corrected chi connectivity index (χ3v) is 4.09. The lowest BCUT2D eigenvalue weighted by molar-refractivity contribution is -0.0320. The molecule has 0 radical (unpaired) electrons. The number of fused-ring (bicyclic) bond motifs is 1. The lowest BCUT2D eigenvalue weighted by Gasteiger charge is -2.32. The predicted octanol–water partition coefficient (Wildman–Crippen LogP) is 3.04. The molecule has 1 fully saturated rings. The molecule has 4 rings (SSSR count). The van der Waals surface area contributed by atoms with Crippen molar-refractivity contribution in [3.8, 4) is 0 Å². The van der Waals surface area contributed by atoms with E-state index in [1.54, 1.807) is 12.5 Å². The molecule has 1 unspecified atom stereocenters. The maximum Gasteiger partial charge on any atom is 0.254 e. The molecule has 0 saturated carbocycles. The molecule has 1 aromatic carbocycles. The Morgan fingerprint density at radius 3 is 3.00 bits per heavy atom. The van der Waals surface area contributed by atoms with Gasteiger partial charge in [-0.2, -0.15) is 0 Å². The van der Waals surface area contributed by atoms with Crippen molar-refractivity contribution in [3.63, 3.8) is 0 Å². The quantitative estimate of drug-likeness (QED) is 0.730. The summed E-state index contributed by atoms with van der Waals surface area (Å²) in [4.78, 5) is 19.1. The molecule has 1 aliphatic heterocycles. The van der Waals surface area contributed by atoms with Crippen LogP contribution >= 0.6 is 0 Å². The summed E-state index contributed by atoms with van der Waals surface area (Å²) >= 11 is 0. The summed E-state index contributed by atoms with van der Waals surface area (Å²) in [5, 5.41) is 0.876. The van der Waals surface area contributed by atoms with Crippen LogP contribution in [0.3, 0.4) is 0 Å². The van der Waals surface area contributed by atoms with E-state index in [0.717, 1.165) is 16.7 Å². The van der Waals surface area contributed by atoms with Crippen LogP contribution in [0.1, 0.15) is 22.2 Å². The molecular formula is C18H16N2O3. The van der Waals surface area contributed by atoms with Crippen molar-refractivity contribution in [3.05, 3.63) is 66.2 Å². The zero-order valence-electron chi connectivity index (χ0n) is 12.5. The Labute approximate surface area is 133 Å². The molecule has 0 N–H and O–H groups in total. The van der Waals surface area contributed by atoms with Crippen LogP contribution in [-0.4, -0.2) is 35.5 Å². The van der Waals surface area contributed by atoms with Crippen molar-refractivity contribution < 1.29 is 13.9 Å². The average molecular weight is 308 g/mol. The smallest absolute Gasteiger partial charge is 0.254 e. The van der Waals surface area contributed by atoms with Crippen molar-refractivity contribution in [1.82, 2.24) is 9.88 Å². The van der Waals surface area contributed by atoms with Crippen LogP contribution < -0.4 is 0 Å². The molecule has 1 atom stereocenters. The number of morpholine rings is 1. The van der Waals surface area contributed by atoms with E-state index in [0.29, 0.717) is 25.3 Å². The van der Waals surface area contributed by atoms with Gasteiger partial charge in [0, 0.05) is 23.7 Å². The number of benzene rings is 1. The highest BCUT2D eigenvalue weighted by Gasteiger charge is 2.28. The van der Waals surface area contributed by atoms with E-state index >= 15 is 0 Å². The van der Waals surface area contributed by atoms with Crippen LogP contribution in [0.2, 0.25) is 0 Å². The summed E-state index contributed by atoms with van der Waals surface area (Å²) in [7, 11) is 0. The fraction of sp³-hybridized carbons (Fsp3) is 0.222. The van der Waals surface area contributed by atoms with Crippen LogP contribution in [0.5, 0.6) is 0 Å². The summed E-state index contributed by atoms with van der Waals surface area (Å²) in [5.41, 5.74) is 1.50. The van der Waals surface area contributed by atoms with Crippen LogP contribution in [-0.2, 0) is 4.74 Å². The largest absolute Gasteiger partial charge is 0.467 e. The van der Waals surface area contributed by atoms with Crippen molar-refractivity contribution in [2.75, 3.05) is 19.7 Å². The first-order chi connectivity index (χ1) is 11.3. The van der Waals surface area contributed by atoms with Crippen LogP contribution in [0.15, 0.2) is 59.3 Å². The van der Waals surface area contributed by atoms with E-state index in [1.807, 2.05) is 47.4 Å². The van der Waals surface area contributed by atoms with Gasteiger partial charge in [0.15, 0.2) is 0 Å². The Bertz CT molecular complexity index is 824. The molecular weight excluding hydrogens is 292 g/mol. The number of hydrogen-bond donors (Lipinski definition) is 0. The highest BCUT2D eigenvalue weighted by molar-refractivity contribution is 6.06. The number of rotatable bonds is 2. The third-order valence-electron chi connectivity index (χ3n) is 4.09. The first kappa shape index (κ1) is 14.0. The van der Waals surface area contributed by atoms with E-state index < -0.39 is 0 Å². The minimum atomic E-state index is -0.212. The lowest BCUT2D eigenvalue weighted by atomic mass is 10.1. The summed E-state index contributed by atoms with van der Waals surface area (Å²) in [6, 6.07) is 13.1. The fourth-order valence-electron chi connectivity index (χ4n) is 2.94. The van der Waals surface area contributed by atoms with Crippen molar-refractivity contribution in [2.45, 2.75) is 6.10 Å². The molecule has 0 spiro atoms. The molecule has 1 amide bonds. The van der Waals surface area contributed by atoms with Crippen LogP contribution in [0.25, 0.3) is 10.9 Å². The molecule has 3 heterocycles. The first-order valence-electron chi connectivity index (χ1n) is 7.61. The predicted molar refractivity (Wildman–Crippen MR) is 85.0 cm³/mol. The Hall–Kier alpha value is -2.66. The number of carbonyl (C=O) groups excluding carboxylic acids is 1. The van der Waals surface area contributed by atoms with Gasteiger partial charge in [-0.15, -0.1) is 0 Å². The summed E-state index contributed by atoms with van der Waals surface area (Å²) in [5.74, 6) is 0.755. The minimum Gasteiger partial charge on any atom is -0.467 e. The van der Waals surface area contributed by atoms with E-state index in [9.17, 15) is 4.79 Å². The van der Waals surface area contributed by atoms with Gasteiger partial charge in [0.05, 0.1) is 24.9 Å². The number of aromatic nitrogens is 1. The molecule has 116 valence electrons. The second kappa shape index (κ2) is 5.85. The second-order valence-corrected chi connectivity index (χ2v) is 5.50. The minimum absolute atomic E-state index is 0.00320. The van der Waals surface area contributed by atoms with Gasteiger partial charge in [0.25, 0.3) is 5.91 Å². The van der Waals surface area contributed by atoms with Crippen molar-refractivity contribution >= 4 is 16.8 Å². The van der Waals surface area contributed by atoms with E-state index in [-0.39, 0.29) is 12.0 Å². The lowest BCUT2D eigenvalue weighted by Crippen LogP contribution is -2.42. The van der Waals surface area contributed by atoms with Gasteiger partial charge >= 0.3 is 0 Å². The van der Waals surface area contributed by atoms with E-state index in [4.69, 9.17) is 9.15 Å². The maximum absolute atomic E-state index is 12.9. The number of nitrogens with zero attached hydrogens (tertiary/aromatic N) is 2. The normalized spacial score (nSPS) is 18.3. The zero-order chi connectivity index (χ0) is 15.6. The monoisotopic (exact) mass is 308 g/mol. The Kier molecular flexibility index (Phi) is 3.55. The van der Waals surface area contributed by atoms with Crippen molar-refractivity contribution in [2.24, 2.45) is 0 Å². The summed E-state index contributed by atoms with van der Waals surface area (Å²) < 4.78 is 11.1. The van der Waals surface area contributed by atoms with Gasteiger partial charge in [-0.05, 0) is 30.3 Å². The highest BCUT2D eigenvalue weighted by atomic mass is 16.5. The number of ether oxygens (including phenoxy) is 1. The van der Waals surface area contributed by atoms with Crippen LogP contribution in [0, 0.1) is 0 Å². The van der Waals surface area contributed by atoms with Crippen LogP contribution in [0.4, 0.5) is 0 Å². The summed E-state index contributed by atoms with van der Waals surface area (Å²) in [6.45, 7) is 1.57. The highest BCUT2D eigenvalue weighted by Crippen LogP contribution is 2.25. The molecule has 0 aliphatic carbocycles. The number of pyridine rings is 1. The SMILES string of the molecule is O=C(c1cccc2ncccc12)N1CCOC(c2ccco2)C1. The Balaban J connectivity index is 1.63. The first-order valence-corrected chi connectivity index (χ1v) is 7.61. The van der Waals surface area contributed by atoms with Gasteiger partial charge in [-0.3, -0.25) is 9.78 Å². The van der Waals surface area contributed by atoms with Gasteiger partial charge in [0.2, 0.25) is 0 Å². The van der Waals surface area contributed by atoms with E-state index in [1.165, 1.54) is 0 Å². The molecule has 3 aromatic rings. The molecule has 5 heteroatoms. The standard InChI is InChI=1S/C18H16N2O3/c21-18(14-4-1-6-15-13(14)5-2-8-19-15)20-9-11-23-17(12-20)16-7-3-10-22-16/h1-8,10,17H,9,11-12H2. The molecule has 1 saturated heterocycles. The van der Waals surface area contributed by atoms with Gasteiger partial charge < -0.3 is 14.1 Å². The number of furan rings is 1. The fourth-order valence-corrected chi connectivity index (χ4v) is 2.94. The topological polar surface area (TPSA) is 55.6 Å². The molecule has 2 aromatic heterocycles. The van der Waals surface area contributed by atoms with Gasteiger partial charge in [-0.1, -0.05) is 12.1 Å². The third kappa shape index (κ3) is 2.59. The molecule has 5 nitrogen and oxygen atoms in total. The Morgan fingerprint density at radius 1 is 1.17 bits per heavy atom. The summed E-state index contributed by atoms with van der Waals surface area (Å²) in [6.07, 6.45) is 3.14. The Morgan fingerprint density at radius 2 is 2.13 bits per heavy atom. The number of carbonyl (C=O) groups is 1. The molecule has 1 aliphatic rings. The molecule has 0 bridgehead atoms. The second-order valence-electron chi connectivity index (χ2n) is 5.50. The zero-order valence-corrected chi connectivity index (χ0v) is 12.5.